The summed E-state index contributed by atoms with van der Waals surface area (Å²) in [5.41, 5.74) is -2.62. The molecule has 0 aliphatic carbocycles. The van der Waals surface area contributed by atoms with Gasteiger partial charge in [0.15, 0.2) is 0 Å². The van der Waals surface area contributed by atoms with E-state index in [4.69, 9.17) is 33.2 Å². The minimum Gasteiger partial charge on any atom is -0.385 e. The molecule has 3 aromatic carbocycles. The first-order chi connectivity index (χ1) is 21.7. The van der Waals surface area contributed by atoms with Crippen LogP contribution in [0.3, 0.4) is 0 Å². The lowest BCUT2D eigenvalue weighted by Gasteiger charge is -2.39. The van der Waals surface area contributed by atoms with Crippen molar-refractivity contribution in [1.29, 1.82) is 5.26 Å². The summed E-state index contributed by atoms with van der Waals surface area (Å²) in [6, 6.07) is 15.5. The number of aliphatic hydroxyl groups is 1. The Labute approximate surface area is 271 Å². The number of alkyl halides is 6. The first-order valence-corrected chi connectivity index (χ1v) is 14.9. The minimum atomic E-state index is -5.01. The molecule has 1 saturated heterocycles. The van der Waals surface area contributed by atoms with Gasteiger partial charge in [0.25, 0.3) is 0 Å². The molecule has 1 N–H and O–H groups in total. The molecular weight excluding hydrogens is 659 g/mol. The van der Waals surface area contributed by atoms with Crippen LogP contribution in [0.4, 0.5) is 26.3 Å². The van der Waals surface area contributed by atoms with Crippen LogP contribution in [0, 0.1) is 11.5 Å². The van der Waals surface area contributed by atoms with Gasteiger partial charge in [0.05, 0.1) is 45.7 Å². The lowest BCUT2D eigenvalue weighted by molar-refractivity contribution is -0.143. The van der Waals surface area contributed by atoms with E-state index >= 15 is 0 Å². The molecule has 0 bridgehead atoms. The van der Waals surface area contributed by atoms with Crippen LogP contribution in [-0.2, 0) is 34.1 Å². The number of piperidine rings is 1. The highest BCUT2D eigenvalue weighted by atomic mass is 35.5. The molecule has 4 rings (SSSR count). The molecule has 0 aromatic heterocycles. The first-order valence-electron chi connectivity index (χ1n) is 14.1. The van der Waals surface area contributed by atoms with Gasteiger partial charge in [-0.05, 0) is 72.8 Å². The fraction of sp³-hybridized carbons (Fsp3) is 0.375. The standard InChI is InChI=1S/C32H29Cl2F6N3O3/c33-27-7-6-22(16-28(27)34)26(8-11-43-12-9-30(44,10-13-43)23-4-2-1-3-5-23)29(42-46-20-41)19-45-18-21-14-24(31(35,36)37)17-25(15-21)32(38,39)40/h1-7,14-17,26,44H,8-13,18-19H2/b42-29+. The van der Waals surface area contributed by atoms with Crippen LogP contribution in [0.25, 0.3) is 0 Å². The number of nitriles is 1. The lowest BCUT2D eigenvalue weighted by Crippen LogP contribution is -2.43. The van der Waals surface area contributed by atoms with Crippen molar-refractivity contribution in [3.63, 3.8) is 0 Å². The molecule has 0 amide bonds. The molecule has 0 spiro atoms. The van der Waals surface area contributed by atoms with Crippen molar-refractivity contribution in [3.05, 3.63) is 105 Å². The maximum Gasteiger partial charge on any atom is 0.416 e. The Bertz CT molecular complexity index is 1520. The van der Waals surface area contributed by atoms with Crippen molar-refractivity contribution in [3.8, 4) is 6.26 Å². The lowest BCUT2D eigenvalue weighted by atomic mass is 9.84. The van der Waals surface area contributed by atoms with Crippen molar-refractivity contribution in [2.75, 3.05) is 26.2 Å². The number of likely N-dealkylation sites (tertiary alicyclic amines) is 1. The van der Waals surface area contributed by atoms with Gasteiger partial charge >= 0.3 is 18.6 Å². The van der Waals surface area contributed by atoms with Gasteiger partial charge in [-0.25, -0.2) is 0 Å². The molecule has 3 aromatic rings. The van der Waals surface area contributed by atoms with Crippen molar-refractivity contribution in [2.24, 2.45) is 5.16 Å². The molecule has 1 heterocycles. The SMILES string of the molecule is N#CO/N=C(\COCc1cc(C(F)(F)F)cc(C(F)(F)F)c1)C(CCN1CCC(O)(c2ccccc2)CC1)c1ccc(Cl)c(Cl)c1. The van der Waals surface area contributed by atoms with Crippen LogP contribution >= 0.6 is 23.2 Å². The Morgan fingerprint density at radius 2 is 1.57 bits per heavy atom. The van der Waals surface area contributed by atoms with Crippen molar-refractivity contribution in [1.82, 2.24) is 4.90 Å². The Kier molecular flexibility index (Phi) is 11.6. The molecule has 14 heteroatoms. The Hall–Kier alpha value is -3.34. The molecule has 1 fully saturated rings. The molecule has 246 valence electrons. The molecule has 1 unspecified atom stereocenters. The summed E-state index contributed by atoms with van der Waals surface area (Å²) >= 11 is 12.4. The van der Waals surface area contributed by atoms with E-state index in [0.29, 0.717) is 56.6 Å². The van der Waals surface area contributed by atoms with Crippen LogP contribution in [-0.4, -0.2) is 42.0 Å². The Morgan fingerprint density at radius 3 is 2.13 bits per heavy atom. The number of halogens is 8. The molecule has 46 heavy (non-hydrogen) atoms. The summed E-state index contributed by atoms with van der Waals surface area (Å²) in [6.45, 7) is 0.654. The van der Waals surface area contributed by atoms with Crippen LogP contribution in [0.1, 0.15) is 53.0 Å². The van der Waals surface area contributed by atoms with Crippen LogP contribution in [0.15, 0.2) is 71.9 Å². The smallest absolute Gasteiger partial charge is 0.385 e. The van der Waals surface area contributed by atoms with Gasteiger partial charge < -0.3 is 14.7 Å². The van der Waals surface area contributed by atoms with Gasteiger partial charge in [0, 0.05) is 19.0 Å². The number of benzene rings is 3. The molecular formula is C32H29Cl2F6N3O3. The van der Waals surface area contributed by atoms with Crippen molar-refractivity contribution < 1.29 is 41.0 Å². The zero-order chi connectivity index (χ0) is 33.5. The number of hydrogen-bond donors (Lipinski definition) is 1. The summed E-state index contributed by atoms with van der Waals surface area (Å²) in [4.78, 5) is 6.81. The third kappa shape index (κ3) is 9.36. The predicted octanol–water partition coefficient (Wildman–Crippen LogP) is 8.56. The van der Waals surface area contributed by atoms with Gasteiger partial charge in [-0.2, -0.15) is 26.3 Å². The highest BCUT2D eigenvalue weighted by Gasteiger charge is 2.37. The number of oxime groups is 1. The largest absolute Gasteiger partial charge is 0.416 e. The topological polar surface area (TPSA) is 78.1 Å². The average Bonchev–Trinajstić information content (AvgIpc) is 3.01. The summed E-state index contributed by atoms with van der Waals surface area (Å²) in [5.74, 6) is -0.592. The van der Waals surface area contributed by atoms with E-state index in [1.807, 2.05) is 30.3 Å². The summed E-state index contributed by atoms with van der Waals surface area (Å²) in [6.07, 6.45) is -7.20. The quantitative estimate of drug-likeness (QED) is 0.0946. The number of rotatable bonds is 11. The van der Waals surface area contributed by atoms with Crippen LogP contribution < -0.4 is 0 Å². The first kappa shape index (κ1) is 35.5. The Morgan fingerprint density at radius 1 is 0.935 bits per heavy atom. The average molecular weight is 688 g/mol. The second kappa shape index (κ2) is 15.0. The normalized spacial score (nSPS) is 16.6. The highest BCUT2D eigenvalue weighted by molar-refractivity contribution is 6.42. The molecule has 0 saturated carbocycles. The maximum absolute atomic E-state index is 13.3. The summed E-state index contributed by atoms with van der Waals surface area (Å²) in [5, 5.41) is 24.6. The molecule has 6 nitrogen and oxygen atoms in total. The predicted molar refractivity (Wildman–Crippen MR) is 160 cm³/mol. The minimum absolute atomic E-state index is 0.0404. The van der Waals surface area contributed by atoms with Gasteiger partial charge in [-0.15, -0.1) is 5.26 Å². The van der Waals surface area contributed by atoms with Gasteiger partial charge in [-0.3, -0.25) is 4.84 Å². The fourth-order valence-corrected chi connectivity index (χ4v) is 5.70. The maximum atomic E-state index is 13.3. The van der Waals surface area contributed by atoms with E-state index in [2.05, 4.69) is 14.9 Å². The highest BCUT2D eigenvalue weighted by Crippen LogP contribution is 2.37. The van der Waals surface area contributed by atoms with E-state index in [9.17, 15) is 31.4 Å². The van der Waals surface area contributed by atoms with Gasteiger partial charge in [0.2, 0.25) is 0 Å². The molecule has 0 radical (unpaired) electrons. The third-order valence-electron chi connectivity index (χ3n) is 7.85. The van der Waals surface area contributed by atoms with E-state index in [1.54, 1.807) is 18.2 Å². The molecule has 1 atom stereocenters. The Balaban J connectivity index is 1.52. The van der Waals surface area contributed by atoms with Gasteiger partial charge in [-0.1, -0.05) is 64.8 Å². The van der Waals surface area contributed by atoms with Crippen LogP contribution in [0.5, 0.6) is 0 Å². The third-order valence-corrected chi connectivity index (χ3v) is 8.59. The number of hydrogen-bond acceptors (Lipinski definition) is 6. The molecule has 1 aliphatic heterocycles. The van der Waals surface area contributed by atoms with Crippen LogP contribution in [0.2, 0.25) is 10.0 Å². The van der Waals surface area contributed by atoms with Crippen molar-refractivity contribution >= 4 is 28.9 Å². The number of ether oxygens (including phenoxy) is 1. The summed E-state index contributed by atoms with van der Waals surface area (Å²) < 4.78 is 85.6. The van der Waals surface area contributed by atoms with Crippen molar-refractivity contribution in [2.45, 2.75) is 49.7 Å². The fourth-order valence-electron chi connectivity index (χ4n) is 5.40. The summed E-state index contributed by atoms with van der Waals surface area (Å²) in [7, 11) is 0. The number of nitrogens with zero attached hydrogens (tertiary/aromatic N) is 3. The second-order valence-corrected chi connectivity index (χ2v) is 11.7. The second-order valence-electron chi connectivity index (χ2n) is 10.9. The van der Waals surface area contributed by atoms with E-state index in [0.717, 1.165) is 5.56 Å². The molecule has 1 aliphatic rings. The van der Waals surface area contributed by atoms with E-state index in [-0.39, 0.29) is 27.4 Å². The van der Waals surface area contributed by atoms with E-state index in [1.165, 1.54) is 6.26 Å². The monoisotopic (exact) mass is 687 g/mol. The zero-order valence-electron chi connectivity index (χ0n) is 24.2. The van der Waals surface area contributed by atoms with Gasteiger partial charge in [0.1, 0.15) is 0 Å². The zero-order valence-corrected chi connectivity index (χ0v) is 25.7. The van der Waals surface area contributed by atoms with E-state index < -0.39 is 48.2 Å².